The van der Waals surface area contributed by atoms with Gasteiger partial charge in [-0.3, -0.25) is 4.79 Å². The van der Waals surface area contributed by atoms with E-state index in [1.54, 1.807) is 12.1 Å². The molecule has 0 bridgehead atoms. The lowest BCUT2D eigenvalue weighted by Gasteiger charge is -2.46. The van der Waals surface area contributed by atoms with Crippen LogP contribution in [0.1, 0.15) is 110 Å². The third kappa shape index (κ3) is 6.83. The van der Waals surface area contributed by atoms with Crippen molar-refractivity contribution in [1.29, 1.82) is 0 Å². The fourth-order valence-corrected chi connectivity index (χ4v) is 7.40. The first kappa shape index (κ1) is 24.7. The molecule has 0 spiro atoms. The van der Waals surface area contributed by atoms with E-state index in [0.29, 0.717) is 17.6 Å². The van der Waals surface area contributed by atoms with Crippen LogP contribution in [-0.2, 0) is 4.79 Å². The smallest absolute Gasteiger partial charge is 0.314 e. The van der Waals surface area contributed by atoms with Crippen LogP contribution < -0.4 is 4.74 Å². The zero-order valence-corrected chi connectivity index (χ0v) is 20.8. The summed E-state index contributed by atoms with van der Waals surface area (Å²) in [5, 5.41) is 0. The van der Waals surface area contributed by atoms with Crippen molar-refractivity contribution in [3.05, 3.63) is 30.1 Å². The number of carbonyl (C=O) groups is 1. The van der Waals surface area contributed by atoms with Crippen molar-refractivity contribution >= 4 is 5.97 Å². The Morgan fingerprint density at radius 3 is 2.33 bits per heavy atom. The number of unbranched alkanes of at least 4 members (excludes halogenated alkanes) is 4. The van der Waals surface area contributed by atoms with Gasteiger partial charge in [-0.25, -0.2) is 4.39 Å². The molecule has 4 rings (SSSR count). The molecule has 3 aliphatic rings. The van der Waals surface area contributed by atoms with E-state index in [-0.39, 0.29) is 17.7 Å². The Morgan fingerprint density at radius 2 is 1.58 bits per heavy atom. The standard InChI is InChI=1S/C30H45FO2/c1-2-3-4-5-6-8-22-11-13-23(14-12-22)24-15-20-28-25(21-24)9-7-10-29(28)30(32)33-27-18-16-26(31)17-19-27/h16-19,22-25,28-29H,2-15,20-21H2,1H3. The summed E-state index contributed by atoms with van der Waals surface area (Å²) in [7, 11) is 0. The molecule has 3 fully saturated rings. The third-order valence-electron chi connectivity index (χ3n) is 9.30. The number of esters is 1. The van der Waals surface area contributed by atoms with Gasteiger partial charge in [0.25, 0.3) is 0 Å². The Morgan fingerprint density at radius 1 is 0.848 bits per heavy atom. The zero-order chi connectivity index (χ0) is 23.0. The summed E-state index contributed by atoms with van der Waals surface area (Å²) >= 11 is 0. The number of benzene rings is 1. The summed E-state index contributed by atoms with van der Waals surface area (Å²) in [5.41, 5.74) is 0. The van der Waals surface area contributed by atoms with Crippen LogP contribution in [0.3, 0.4) is 0 Å². The molecule has 3 saturated carbocycles. The van der Waals surface area contributed by atoms with Gasteiger partial charge in [-0.05, 0) is 92.4 Å². The molecular formula is C30H45FO2. The van der Waals surface area contributed by atoms with Gasteiger partial charge in [0.2, 0.25) is 0 Å². The third-order valence-corrected chi connectivity index (χ3v) is 9.30. The molecule has 4 atom stereocenters. The minimum atomic E-state index is -0.299. The first-order valence-electron chi connectivity index (χ1n) is 14.1. The summed E-state index contributed by atoms with van der Waals surface area (Å²) in [6.45, 7) is 2.29. The summed E-state index contributed by atoms with van der Waals surface area (Å²) in [5.74, 6) is 4.08. The molecule has 1 aromatic carbocycles. The van der Waals surface area contributed by atoms with Gasteiger partial charge in [-0.1, -0.05) is 71.1 Å². The van der Waals surface area contributed by atoms with Crippen LogP contribution in [0.2, 0.25) is 0 Å². The quantitative estimate of drug-likeness (QED) is 0.211. The Bertz CT molecular complexity index is 721. The maximum atomic E-state index is 13.2. The first-order chi connectivity index (χ1) is 16.1. The van der Waals surface area contributed by atoms with E-state index in [1.807, 2.05) is 0 Å². The van der Waals surface area contributed by atoms with Crippen molar-refractivity contribution in [1.82, 2.24) is 0 Å². The number of halogens is 1. The van der Waals surface area contributed by atoms with Crippen molar-refractivity contribution in [2.24, 2.45) is 35.5 Å². The second kappa shape index (κ2) is 12.4. The molecule has 33 heavy (non-hydrogen) atoms. The zero-order valence-electron chi connectivity index (χ0n) is 20.8. The highest BCUT2D eigenvalue weighted by atomic mass is 19.1. The number of fused-ring (bicyclic) bond motifs is 1. The predicted molar refractivity (Wildman–Crippen MR) is 133 cm³/mol. The maximum absolute atomic E-state index is 13.2. The van der Waals surface area contributed by atoms with Gasteiger partial charge < -0.3 is 4.74 Å². The molecule has 0 heterocycles. The topological polar surface area (TPSA) is 26.3 Å². The maximum Gasteiger partial charge on any atom is 0.314 e. The van der Waals surface area contributed by atoms with Crippen molar-refractivity contribution in [2.75, 3.05) is 0 Å². The molecule has 3 aliphatic carbocycles. The summed E-state index contributed by atoms with van der Waals surface area (Å²) < 4.78 is 18.8. The lowest BCUT2D eigenvalue weighted by molar-refractivity contribution is -0.144. The van der Waals surface area contributed by atoms with Crippen molar-refractivity contribution in [3.8, 4) is 5.75 Å². The number of carbonyl (C=O) groups excluding carboxylic acids is 1. The average molecular weight is 457 g/mol. The molecular weight excluding hydrogens is 411 g/mol. The van der Waals surface area contributed by atoms with Gasteiger partial charge in [0.1, 0.15) is 11.6 Å². The minimum absolute atomic E-state index is 0.0261. The molecule has 2 nitrogen and oxygen atoms in total. The lowest BCUT2D eigenvalue weighted by Crippen LogP contribution is -2.40. The van der Waals surface area contributed by atoms with Gasteiger partial charge in [-0.15, -0.1) is 0 Å². The lowest BCUT2D eigenvalue weighted by atomic mass is 9.59. The van der Waals surface area contributed by atoms with Crippen molar-refractivity contribution in [3.63, 3.8) is 0 Å². The molecule has 1 aromatic rings. The Hall–Kier alpha value is -1.38. The van der Waals surface area contributed by atoms with E-state index in [0.717, 1.165) is 30.6 Å². The SMILES string of the molecule is CCCCCCCC1CCC(C2CCC3C(CCCC3C(=O)Oc3ccc(F)cc3)C2)CC1. The Balaban J connectivity index is 1.22. The van der Waals surface area contributed by atoms with Crippen LogP contribution in [0.15, 0.2) is 24.3 Å². The summed E-state index contributed by atoms with van der Waals surface area (Å²) in [4.78, 5) is 13.0. The van der Waals surface area contributed by atoms with E-state index < -0.39 is 0 Å². The number of rotatable bonds is 9. The van der Waals surface area contributed by atoms with Crippen LogP contribution in [0.5, 0.6) is 5.75 Å². The Kier molecular flexibility index (Phi) is 9.26. The van der Waals surface area contributed by atoms with Crippen LogP contribution in [0.25, 0.3) is 0 Å². The van der Waals surface area contributed by atoms with E-state index in [9.17, 15) is 9.18 Å². The van der Waals surface area contributed by atoms with E-state index in [2.05, 4.69) is 6.92 Å². The van der Waals surface area contributed by atoms with Crippen molar-refractivity contribution in [2.45, 2.75) is 110 Å². The van der Waals surface area contributed by atoms with E-state index >= 15 is 0 Å². The molecule has 0 N–H and O–H groups in total. The highest BCUT2D eigenvalue weighted by molar-refractivity contribution is 5.75. The van der Waals surface area contributed by atoms with Crippen LogP contribution in [0.4, 0.5) is 4.39 Å². The molecule has 0 amide bonds. The fraction of sp³-hybridized carbons (Fsp3) is 0.767. The molecule has 3 heteroatoms. The second-order valence-corrected chi connectivity index (χ2v) is 11.4. The van der Waals surface area contributed by atoms with E-state index in [1.165, 1.54) is 102 Å². The molecule has 0 aromatic heterocycles. The number of hydrogen-bond acceptors (Lipinski definition) is 2. The van der Waals surface area contributed by atoms with Crippen LogP contribution >= 0.6 is 0 Å². The largest absolute Gasteiger partial charge is 0.426 e. The number of hydrogen-bond donors (Lipinski definition) is 0. The van der Waals surface area contributed by atoms with E-state index in [4.69, 9.17) is 4.74 Å². The van der Waals surface area contributed by atoms with Crippen LogP contribution in [-0.4, -0.2) is 5.97 Å². The molecule has 0 saturated heterocycles. The first-order valence-corrected chi connectivity index (χ1v) is 14.1. The monoisotopic (exact) mass is 456 g/mol. The summed E-state index contributed by atoms with van der Waals surface area (Å²) in [6.07, 6.45) is 21.5. The van der Waals surface area contributed by atoms with Gasteiger partial charge in [-0.2, -0.15) is 0 Å². The predicted octanol–water partition coefficient (Wildman–Crippen LogP) is 8.73. The van der Waals surface area contributed by atoms with Gasteiger partial charge in [0.05, 0.1) is 5.92 Å². The molecule has 0 radical (unpaired) electrons. The second-order valence-electron chi connectivity index (χ2n) is 11.4. The normalized spacial score (nSPS) is 32.2. The highest BCUT2D eigenvalue weighted by Gasteiger charge is 2.43. The molecule has 0 aliphatic heterocycles. The van der Waals surface area contributed by atoms with Gasteiger partial charge >= 0.3 is 5.97 Å². The number of ether oxygens (including phenoxy) is 1. The highest BCUT2D eigenvalue weighted by Crippen LogP contribution is 2.50. The molecule has 4 unspecified atom stereocenters. The summed E-state index contributed by atoms with van der Waals surface area (Å²) in [6, 6.07) is 5.84. The van der Waals surface area contributed by atoms with Crippen molar-refractivity contribution < 1.29 is 13.9 Å². The van der Waals surface area contributed by atoms with Gasteiger partial charge in [0.15, 0.2) is 0 Å². The minimum Gasteiger partial charge on any atom is -0.426 e. The Labute approximate surface area is 201 Å². The average Bonchev–Trinajstić information content (AvgIpc) is 2.85. The fourth-order valence-electron chi connectivity index (χ4n) is 7.40. The van der Waals surface area contributed by atoms with Gasteiger partial charge in [0, 0.05) is 0 Å². The van der Waals surface area contributed by atoms with Crippen LogP contribution in [0, 0.1) is 41.3 Å². The molecule has 184 valence electrons.